The van der Waals surface area contributed by atoms with Crippen molar-refractivity contribution >= 4 is 8.07 Å². The Hall–Kier alpha value is -0.223. The predicted molar refractivity (Wildman–Crippen MR) is 99.6 cm³/mol. The van der Waals surface area contributed by atoms with Crippen molar-refractivity contribution in [3.63, 3.8) is 0 Å². The second-order valence-corrected chi connectivity index (χ2v) is 13.9. The van der Waals surface area contributed by atoms with Gasteiger partial charge in [-0.05, 0) is 37.4 Å². The maximum Gasteiger partial charge on any atom is 0.147 e. The standard InChI is InChI=1S/C21H36Si/c1-21(2,3)16-17-22(18-10-4-5-11-18,19-12-6-7-13-19)20-14-8-9-15-20/h18-20H,4-15H2,1-3H3. The van der Waals surface area contributed by atoms with Gasteiger partial charge in [0.25, 0.3) is 0 Å². The maximum absolute atomic E-state index is 4.19. The zero-order chi connectivity index (χ0) is 15.6. The van der Waals surface area contributed by atoms with Gasteiger partial charge in [0, 0.05) is 5.41 Å². The Morgan fingerprint density at radius 2 is 0.955 bits per heavy atom. The molecule has 3 saturated carbocycles. The van der Waals surface area contributed by atoms with E-state index >= 15 is 0 Å². The molecule has 3 aliphatic carbocycles. The van der Waals surface area contributed by atoms with Crippen LogP contribution in [0.1, 0.15) is 97.8 Å². The molecule has 0 aromatic heterocycles. The Labute approximate surface area is 139 Å². The summed E-state index contributed by atoms with van der Waals surface area (Å²) < 4.78 is 0. The molecule has 3 fully saturated rings. The molecule has 1 heteroatoms. The molecule has 0 atom stereocenters. The van der Waals surface area contributed by atoms with Crippen LogP contribution >= 0.6 is 0 Å². The minimum atomic E-state index is -1.47. The summed E-state index contributed by atoms with van der Waals surface area (Å²) in [5.41, 5.74) is 7.53. The smallest absolute Gasteiger partial charge is 0.130 e. The van der Waals surface area contributed by atoms with Crippen LogP contribution < -0.4 is 0 Å². The van der Waals surface area contributed by atoms with Crippen molar-refractivity contribution < 1.29 is 0 Å². The Kier molecular flexibility index (Phi) is 5.08. The third kappa shape index (κ3) is 3.33. The van der Waals surface area contributed by atoms with Gasteiger partial charge in [-0.25, -0.2) is 0 Å². The van der Waals surface area contributed by atoms with Crippen LogP contribution in [0.25, 0.3) is 0 Å². The minimum Gasteiger partial charge on any atom is -0.130 e. The third-order valence-corrected chi connectivity index (χ3v) is 13.1. The molecule has 0 aromatic rings. The molecular weight excluding hydrogens is 280 g/mol. The molecule has 0 aromatic carbocycles. The first-order valence-corrected chi connectivity index (χ1v) is 12.3. The van der Waals surface area contributed by atoms with Gasteiger partial charge >= 0.3 is 0 Å². The summed E-state index contributed by atoms with van der Waals surface area (Å²) in [5.74, 6) is 3.81. The number of hydrogen-bond donors (Lipinski definition) is 0. The van der Waals surface area contributed by atoms with Gasteiger partial charge in [-0.3, -0.25) is 0 Å². The Morgan fingerprint density at radius 1 is 0.636 bits per heavy atom. The summed E-state index contributed by atoms with van der Waals surface area (Å²) in [6, 6.07) is 0. The monoisotopic (exact) mass is 316 g/mol. The molecule has 3 rings (SSSR count). The van der Waals surface area contributed by atoms with Crippen LogP contribution in [0.2, 0.25) is 16.6 Å². The maximum atomic E-state index is 4.19. The van der Waals surface area contributed by atoms with E-state index in [0.29, 0.717) is 0 Å². The summed E-state index contributed by atoms with van der Waals surface area (Å²) in [4.78, 5) is 0. The van der Waals surface area contributed by atoms with E-state index in [1.165, 1.54) is 77.0 Å². The fourth-order valence-corrected chi connectivity index (χ4v) is 13.1. The molecule has 124 valence electrons. The topological polar surface area (TPSA) is 0 Å². The van der Waals surface area contributed by atoms with E-state index in [9.17, 15) is 0 Å². The average Bonchev–Trinajstić information content (AvgIpc) is 3.23. The highest BCUT2D eigenvalue weighted by molar-refractivity contribution is 6.91. The van der Waals surface area contributed by atoms with Gasteiger partial charge < -0.3 is 0 Å². The third-order valence-electron chi connectivity index (χ3n) is 6.75. The highest BCUT2D eigenvalue weighted by atomic mass is 28.3. The molecule has 0 amide bonds. The summed E-state index contributed by atoms with van der Waals surface area (Å²) in [7, 11) is -1.47. The van der Waals surface area contributed by atoms with Crippen molar-refractivity contribution in [3.05, 3.63) is 0 Å². The zero-order valence-electron chi connectivity index (χ0n) is 15.2. The molecule has 0 bridgehead atoms. The van der Waals surface area contributed by atoms with E-state index in [-0.39, 0.29) is 5.41 Å². The molecule has 0 saturated heterocycles. The van der Waals surface area contributed by atoms with E-state index in [1.54, 1.807) is 0 Å². The second-order valence-electron chi connectivity index (χ2n) is 9.38. The normalized spacial score (nSPS) is 25.6. The van der Waals surface area contributed by atoms with Crippen molar-refractivity contribution in [2.45, 2.75) is 114 Å². The van der Waals surface area contributed by atoms with Crippen molar-refractivity contribution in [2.75, 3.05) is 0 Å². The highest BCUT2D eigenvalue weighted by Crippen LogP contribution is 2.58. The molecule has 3 aliphatic rings. The minimum absolute atomic E-state index is 0.189. The second kappa shape index (κ2) is 6.72. The lowest BCUT2D eigenvalue weighted by Gasteiger charge is -2.43. The largest absolute Gasteiger partial charge is 0.147 e. The van der Waals surface area contributed by atoms with Crippen molar-refractivity contribution in [2.24, 2.45) is 5.41 Å². The van der Waals surface area contributed by atoms with Crippen LogP contribution in [0.4, 0.5) is 0 Å². The van der Waals surface area contributed by atoms with Crippen molar-refractivity contribution in [3.8, 4) is 11.5 Å². The van der Waals surface area contributed by atoms with Crippen LogP contribution in [0, 0.1) is 16.9 Å². The van der Waals surface area contributed by atoms with E-state index in [1.807, 2.05) is 0 Å². The summed E-state index contributed by atoms with van der Waals surface area (Å²) in [6.45, 7) is 6.95. The molecule has 0 radical (unpaired) electrons. The first-order valence-electron chi connectivity index (χ1n) is 10.1. The van der Waals surface area contributed by atoms with Gasteiger partial charge in [0.1, 0.15) is 8.07 Å². The number of hydrogen-bond acceptors (Lipinski definition) is 0. The van der Waals surface area contributed by atoms with Crippen LogP contribution in [0.5, 0.6) is 0 Å². The number of rotatable bonds is 3. The molecule has 0 nitrogen and oxygen atoms in total. The first-order chi connectivity index (χ1) is 10.5. The molecule has 22 heavy (non-hydrogen) atoms. The molecule has 0 heterocycles. The first kappa shape index (κ1) is 16.6. The lowest BCUT2D eigenvalue weighted by molar-refractivity contribution is 0.570. The van der Waals surface area contributed by atoms with E-state index < -0.39 is 8.07 Å². The van der Waals surface area contributed by atoms with E-state index in [4.69, 9.17) is 0 Å². The van der Waals surface area contributed by atoms with Gasteiger partial charge in [-0.15, -0.1) is 11.5 Å². The predicted octanol–water partition coefficient (Wildman–Crippen LogP) is 6.86. The van der Waals surface area contributed by atoms with Crippen LogP contribution in [0.3, 0.4) is 0 Å². The van der Waals surface area contributed by atoms with Gasteiger partial charge in [-0.1, -0.05) is 77.0 Å². The molecular formula is C21H36Si. The highest BCUT2D eigenvalue weighted by Gasteiger charge is 2.53. The molecule has 0 unspecified atom stereocenters. The Morgan fingerprint density at radius 3 is 1.23 bits per heavy atom. The summed E-state index contributed by atoms with van der Waals surface area (Å²) in [5, 5.41) is 0. The van der Waals surface area contributed by atoms with E-state index in [2.05, 4.69) is 32.2 Å². The van der Waals surface area contributed by atoms with Gasteiger partial charge in [-0.2, -0.15) is 0 Å². The summed E-state index contributed by atoms with van der Waals surface area (Å²) in [6.07, 6.45) is 18.1. The quantitative estimate of drug-likeness (QED) is 0.394. The van der Waals surface area contributed by atoms with Crippen LogP contribution in [0.15, 0.2) is 0 Å². The SMILES string of the molecule is CC(C)(C)C#C[Si](C1CCCC1)(C1CCCC1)C1CCCC1. The lowest BCUT2D eigenvalue weighted by Crippen LogP contribution is -2.46. The lowest BCUT2D eigenvalue weighted by atomic mass is 9.99. The Bertz CT molecular complexity index is 374. The average molecular weight is 317 g/mol. The molecule has 0 N–H and O–H groups in total. The fourth-order valence-electron chi connectivity index (χ4n) is 5.81. The summed E-state index contributed by atoms with van der Waals surface area (Å²) >= 11 is 0. The van der Waals surface area contributed by atoms with Gasteiger partial charge in [0.15, 0.2) is 0 Å². The molecule has 0 aliphatic heterocycles. The van der Waals surface area contributed by atoms with Gasteiger partial charge in [0.2, 0.25) is 0 Å². The van der Waals surface area contributed by atoms with Crippen LogP contribution in [-0.4, -0.2) is 8.07 Å². The van der Waals surface area contributed by atoms with Crippen LogP contribution in [-0.2, 0) is 0 Å². The van der Waals surface area contributed by atoms with Gasteiger partial charge in [0.05, 0.1) is 0 Å². The Balaban J connectivity index is 2.00. The van der Waals surface area contributed by atoms with Crippen molar-refractivity contribution in [1.29, 1.82) is 0 Å². The molecule has 0 spiro atoms. The fraction of sp³-hybridized carbons (Fsp3) is 0.905. The van der Waals surface area contributed by atoms with E-state index in [0.717, 1.165) is 16.6 Å². The zero-order valence-corrected chi connectivity index (χ0v) is 16.2. The van der Waals surface area contributed by atoms with Crippen molar-refractivity contribution in [1.82, 2.24) is 0 Å².